The van der Waals surface area contributed by atoms with Gasteiger partial charge in [0, 0.05) is 11.8 Å². The summed E-state index contributed by atoms with van der Waals surface area (Å²) >= 11 is 0. The van der Waals surface area contributed by atoms with Crippen molar-refractivity contribution < 1.29 is 23.1 Å². The first-order chi connectivity index (χ1) is 9.79. The van der Waals surface area contributed by atoms with Crippen LogP contribution >= 0.6 is 0 Å². The Hall–Kier alpha value is -2.57. The maximum absolute atomic E-state index is 13.0. The Morgan fingerprint density at radius 1 is 1.19 bits per heavy atom. The lowest BCUT2D eigenvalue weighted by Gasteiger charge is -2.12. The summed E-state index contributed by atoms with van der Waals surface area (Å²) in [6.07, 6.45) is -3.82. The normalized spacial score (nSPS) is 11.4. The number of halogens is 3. The number of hydrogen-bond acceptors (Lipinski definition) is 2. The molecule has 0 bridgehead atoms. The molecule has 0 aliphatic rings. The average molecular weight is 297 g/mol. The molecule has 0 fully saturated rings. The number of hydrogen-bond donors (Lipinski definition) is 2. The lowest BCUT2D eigenvalue weighted by molar-refractivity contribution is -0.137. The summed E-state index contributed by atoms with van der Waals surface area (Å²) in [7, 11) is 0. The molecule has 0 atom stereocenters. The minimum atomic E-state index is -4.61. The van der Waals surface area contributed by atoms with Crippen molar-refractivity contribution in [2.75, 3.05) is 0 Å². The monoisotopic (exact) mass is 297 g/mol. The van der Waals surface area contributed by atoms with Crippen LogP contribution in [0.2, 0.25) is 0 Å². The standard InChI is InChI=1S/C14H10F3NO3/c15-14(16,17)11-4-2-1-3-9(11)10-5-8(6-12(19)20)7-18-13(10)21/h1-5,7H,6H2,(H,18,21)(H,19,20). The van der Waals surface area contributed by atoms with Crippen LogP contribution in [0.15, 0.2) is 41.3 Å². The molecule has 0 amide bonds. The van der Waals surface area contributed by atoms with Gasteiger partial charge < -0.3 is 10.1 Å². The van der Waals surface area contributed by atoms with Gasteiger partial charge in [0.15, 0.2) is 0 Å². The molecule has 0 unspecified atom stereocenters. The highest BCUT2D eigenvalue weighted by atomic mass is 19.4. The first kappa shape index (κ1) is 14.8. The first-order valence-corrected chi connectivity index (χ1v) is 5.89. The predicted octanol–water partition coefficient (Wildman–Crippen LogP) is 2.69. The van der Waals surface area contributed by atoms with Gasteiger partial charge >= 0.3 is 12.1 Å². The number of benzene rings is 1. The second-order valence-corrected chi connectivity index (χ2v) is 4.36. The van der Waals surface area contributed by atoms with Crippen molar-refractivity contribution in [3.05, 3.63) is 58.0 Å². The summed E-state index contributed by atoms with van der Waals surface area (Å²) < 4.78 is 38.9. The highest BCUT2D eigenvalue weighted by molar-refractivity contribution is 5.72. The van der Waals surface area contributed by atoms with Gasteiger partial charge in [-0.05, 0) is 23.3 Å². The first-order valence-electron chi connectivity index (χ1n) is 5.89. The van der Waals surface area contributed by atoms with Crippen molar-refractivity contribution in [1.29, 1.82) is 0 Å². The smallest absolute Gasteiger partial charge is 0.417 e. The van der Waals surface area contributed by atoms with Crippen LogP contribution in [-0.4, -0.2) is 16.1 Å². The highest BCUT2D eigenvalue weighted by Gasteiger charge is 2.33. The van der Waals surface area contributed by atoms with Crippen LogP contribution in [0.1, 0.15) is 11.1 Å². The molecule has 110 valence electrons. The number of carboxylic acids is 1. The summed E-state index contributed by atoms with van der Waals surface area (Å²) in [6, 6.07) is 5.82. The largest absolute Gasteiger partial charge is 0.481 e. The Morgan fingerprint density at radius 3 is 2.48 bits per heavy atom. The fourth-order valence-corrected chi connectivity index (χ4v) is 1.97. The Morgan fingerprint density at radius 2 is 1.86 bits per heavy atom. The molecule has 7 heteroatoms. The van der Waals surface area contributed by atoms with Gasteiger partial charge in [0.25, 0.3) is 5.56 Å². The highest BCUT2D eigenvalue weighted by Crippen LogP contribution is 2.35. The molecule has 0 spiro atoms. The lowest BCUT2D eigenvalue weighted by atomic mass is 9.99. The maximum Gasteiger partial charge on any atom is 0.417 e. The van der Waals surface area contributed by atoms with E-state index in [1.807, 2.05) is 0 Å². The zero-order chi connectivity index (χ0) is 15.6. The van der Waals surface area contributed by atoms with Crippen LogP contribution in [0.3, 0.4) is 0 Å². The maximum atomic E-state index is 13.0. The number of alkyl halides is 3. The Labute approximate surface area is 116 Å². The molecule has 2 aromatic rings. The number of aromatic amines is 1. The van der Waals surface area contributed by atoms with Crippen LogP contribution in [0, 0.1) is 0 Å². The Balaban J connectivity index is 2.62. The van der Waals surface area contributed by atoms with E-state index in [0.29, 0.717) is 0 Å². The van der Waals surface area contributed by atoms with Gasteiger partial charge in [0.1, 0.15) is 0 Å². The van der Waals surface area contributed by atoms with E-state index < -0.39 is 29.7 Å². The van der Waals surface area contributed by atoms with Crippen molar-refractivity contribution in [3.8, 4) is 11.1 Å². The molecule has 0 saturated carbocycles. The number of aliphatic carboxylic acids is 1. The molecule has 0 aliphatic carbocycles. The second kappa shape index (κ2) is 5.43. The fourth-order valence-electron chi connectivity index (χ4n) is 1.97. The van der Waals surface area contributed by atoms with Crippen LogP contribution in [0.5, 0.6) is 0 Å². The number of aromatic nitrogens is 1. The summed E-state index contributed by atoms with van der Waals surface area (Å²) in [4.78, 5) is 24.7. The van der Waals surface area contributed by atoms with E-state index in [-0.39, 0.29) is 16.7 Å². The molecule has 0 radical (unpaired) electrons. The van der Waals surface area contributed by atoms with Gasteiger partial charge in [-0.15, -0.1) is 0 Å². The zero-order valence-corrected chi connectivity index (χ0v) is 10.6. The number of carboxylic acid groups (broad SMARTS) is 1. The third-order valence-corrected chi connectivity index (χ3v) is 2.84. The van der Waals surface area contributed by atoms with Crippen LogP contribution in [-0.2, 0) is 17.4 Å². The van der Waals surface area contributed by atoms with E-state index >= 15 is 0 Å². The SMILES string of the molecule is O=C(O)Cc1c[nH]c(=O)c(-c2ccccc2C(F)(F)F)c1. The zero-order valence-electron chi connectivity index (χ0n) is 10.6. The van der Waals surface area contributed by atoms with Crippen molar-refractivity contribution in [2.45, 2.75) is 12.6 Å². The van der Waals surface area contributed by atoms with Crippen LogP contribution < -0.4 is 5.56 Å². The van der Waals surface area contributed by atoms with E-state index in [1.54, 1.807) is 0 Å². The summed E-state index contributed by atoms with van der Waals surface area (Å²) in [5, 5.41) is 8.71. The predicted molar refractivity (Wildman–Crippen MR) is 68.8 cm³/mol. The summed E-state index contributed by atoms with van der Waals surface area (Å²) in [5.74, 6) is -1.14. The van der Waals surface area contributed by atoms with Gasteiger partial charge in [-0.25, -0.2) is 0 Å². The Kier molecular flexibility index (Phi) is 3.84. The minimum absolute atomic E-state index is 0.207. The van der Waals surface area contributed by atoms with Crippen molar-refractivity contribution in [2.24, 2.45) is 0 Å². The van der Waals surface area contributed by atoms with E-state index in [2.05, 4.69) is 4.98 Å². The Bertz CT molecular complexity index is 735. The van der Waals surface area contributed by atoms with Crippen molar-refractivity contribution >= 4 is 5.97 Å². The number of nitrogens with one attached hydrogen (secondary N) is 1. The molecule has 0 aliphatic heterocycles. The lowest BCUT2D eigenvalue weighted by Crippen LogP contribution is -2.14. The molecule has 21 heavy (non-hydrogen) atoms. The quantitative estimate of drug-likeness (QED) is 0.915. The number of rotatable bonds is 3. The van der Waals surface area contributed by atoms with Crippen LogP contribution in [0.4, 0.5) is 13.2 Å². The van der Waals surface area contributed by atoms with Gasteiger partial charge in [-0.3, -0.25) is 9.59 Å². The molecule has 2 rings (SSSR count). The third kappa shape index (κ3) is 3.31. The summed E-state index contributed by atoms with van der Waals surface area (Å²) in [6.45, 7) is 0. The number of H-pyrrole nitrogens is 1. The molecule has 1 aromatic carbocycles. The van der Waals surface area contributed by atoms with E-state index in [0.717, 1.165) is 12.1 Å². The third-order valence-electron chi connectivity index (χ3n) is 2.84. The average Bonchev–Trinajstić information content (AvgIpc) is 2.39. The van der Waals surface area contributed by atoms with Gasteiger partial charge in [0.05, 0.1) is 12.0 Å². The molecular formula is C14H10F3NO3. The van der Waals surface area contributed by atoms with Gasteiger partial charge in [-0.1, -0.05) is 18.2 Å². The number of pyridine rings is 1. The molecule has 0 saturated heterocycles. The molecule has 1 aromatic heterocycles. The van der Waals surface area contributed by atoms with E-state index in [4.69, 9.17) is 5.11 Å². The van der Waals surface area contributed by atoms with Crippen molar-refractivity contribution in [3.63, 3.8) is 0 Å². The molecule has 2 N–H and O–H groups in total. The molecular weight excluding hydrogens is 287 g/mol. The van der Waals surface area contributed by atoms with Gasteiger partial charge in [-0.2, -0.15) is 13.2 Å². The van der Waals surface area contributed by atoms with Crippen LogP contribution in [0.25, 0.3) is 11.1 Å². The topological polar surface area (TPSA) is 70.2 Å². The summed E-state index contributed by atoms with van der Waals surface area (Å²) in [5.41, 5.74) is -1.92. The minimum Gasteiger partial charge on any atom is -0.481 e. The molecule has 4 nitrogen and oxygen atoms in total. The molecule has 1 heterocycles. The number of carbonyl (C=O) groups is 1. The second-order valence-electron chi connectivity index (χ2n) is 4.36. The van der Waals surface area contributed by atoms with E-state index in [9.17, 15) is 22.8 Å². The van der Waals surface area contributed by atoms with E-state index in [1.165, 1.54) is 24.4 Å². The van der Waals surface area contributed by atoms with Crippen molar-refractivity contribution in [1.82, 2.24) is 4.98 Å². The fraction of sp³-hybridized carbons (Fsp3) is 0.143. The van der Waals surface area contributed by atoms with Gasteiger partial charge in [0.2, 0.25) is 0 Å².